The number of rotatable bonds is 13. The summed E-state index contributed by atoms with van der Waals surface area (Å²) in [6.07, 6.45) is 3.15. The number of aryl methyl sites for hydroxylation is 2. The molecule has 0 saturated carbocycles. The summed E-state index contributed by atoms with van der Waals surface area (Å²) >= 11 is 0. The van der Waals surface area contributed by atoms with E-state index >= 15 is 0 Å². The highest BCUT2D eigenvalue weighted by molar-refractivity contribution is 6.27. The van der Waals surface area contributed by atoms with E-state index in [1.807, 2.05) is 0 Å². The van der Waals surface area contributed by atoms with Crippen LogP contribution >= 0.6 is 0 Å². The Labute approximate surface area is 243 Å². The number of Topliss-reactive ketones (excluding diaryl/α,β-unsaturated/α-hetero) is 2. The first-order valence-corrected chi connectivity index (χ1v) is 14.4. The molecule has 1 aliphatic rings. The van der Waals surface area contributed by atoms with E-state index in [1.165, 1.54) is 5.56 Å². The van der Waals surface area contributed by atoms with Gasteiger partial charge in [-0.15, -0.1) is 0 Å². The molecule has 0 heterocycles. The molecule has 1 unspecified atom stereocenters. The zero-order valence-corrected chi connectivity index (χ0v) is 24.7. The standard InChI is InChI=1S/C35H41N2O4/c1-6-37(7-2)22-10-11-26-16-20-28(32(23-26)41-5)27-18-14-25(15-19-27)17-21-31(36(4)40)33-24(3)34(38)29-12-8-9-13-30(29)35(33)39/h8-9,12-16,18-20,23,31,40H,4,6-7,10-11,17,21-22H2,1-3,5H3/q+1. The molecule has 0 saturated heterocycles. The molecular weight excluding hydrogens is 512 g/mol. The summed E-state index contributed by atoms with van der Waals surface area (Å²) in [7, 11) is 1.71. The first kappa shape index (κ1) is 29.9. The van der Waals surface area contributed by atoms with Crippen molar-refractivity contribution >= 4 is 18.3 Å². The Hall–Kier alpha value is -4.03. The van der Waals surface area contributed by atoms with Gasteiger partial charge in [0.05, 0.1) is 12.7 Å². The maximum Gasteiger partial charge on any atom is 0.230 e. The third-order valence-corrected chi connectivity index (χ3v) is 8.17. The minimum atomic E-state index is -0.700. The van der Waals surface area contributed by atoms with E-state index in [2.05, 4.69) is 67.9 Å². The Morgan fingerprint density at radius 1 is 0.878 bits per heavy atom. The van der Waals surface area contributed by atoms with Gasteiger partial charge in [0.2, 0.25) is 6.04 Å². The van der Waals surface area contributed by atoms with Crippen molar-refractivity contribution in [3.05, 3.63) is 100 Å². The predicted molar refractivity (Wildman–Crippen MR) is 164 cm³/mol. The number of carbonyl (C=O) groups excluding carboxylic acids is 2. The molecule has 214 valence electrons. The van der Waals surface area contributed by atoms with E-state index in [9.17, 15) is 14.8 Å². The summed E-state index contributed by atoms with van der Waals surface area (Å²) in [5.41, 5.74) is 5.87. The minimum Gasteiger partial charge on any atom is -0.496 e. The first-order chi connectivity index (χ1) is 19.8. The van der Waals surface area contributed by atoms with Crippen LogP contribution < -0.4 is 4.74 Å². The van der Waals surface area contributed by atoms with Gasteiger partial charge in [-0.25, -0.2) is 0 Å². The minimum absolute atomic E-state index is 0.185. The largest absolute Gasteiger partial charge is 0.496 e. The number of hydrogen-bond acceptors (Lipinski definition) is 5. The van der Waals surface area contributed by atoms with Gasteiger partial charge in [0.15, 0.2) is 18.3 Å². The molecule has 0 radical (unpaired) electrons. The van der Waals surface area contributed by atoms with Gasteiger partial charge in [0, 0.05) is 28.7 Å². The normalized spacial score (nSPS) is 13.9. The number of allylic oxidation sites excluding steroid dienone is 1. The lowest BCUT2D eigenvalue weighted by molar-refractivity contribution is -0.787. The van der Waals surface area contributed by atoms with Crippen LogP contribution in [0, 0.1) is 0 Å². The highest BCUT2D eigenvalue weighted by atomic mass is 16.5. The molecule has 1 N–H and O–H groups in total. The number of methoxy groups -OCH3 is 1. The van der Waals surface area contributed by atoms with Gasteiger partial charge >= 0.3 is 0 Å². The molecule has 0 spiro atoms. The molecule has 6 nitrogen and oxygen atoms in total. The van der Waals surface area contributed by atoms with Crippen molar-refractivity contribution in [1.29, 1.82) is 0 Å². The predicted octanol–water partition coefficient (Wildman–Crippen LogP) is 6.44. The van der Waals surface area contributed by atoms with Crippen LogP contribution in [0.15, 0.2) is 77.9 Å². The smallest absolute Gasteiger partial charge is 0.230 e. The average molecular weight is 554 g/mol. The second kappa shape index (κ2) is 13.6. The average Bonchev–Trinajstić information content (AvgIpc) is 3.00. The number of benzene rings is 3. The van der Waals surface area contributed by atoms with Gasteiger partial charge in [-0.3, -0.25) is 14.8 Å². The van der Waals surface area contributed by atoms with Gasteiger partial charge < -0.3 is 9.64 Å². The lowest BCUT2D eigenvalue weighted by atomic mass is 9.80. The van der Waals surface area contributed by atoms with E-state index < -0.39 is 6.04 Å². The zero-order valence-electron chi connectivity index (χ0n) is 24.7. The molecule has 3 aromatic rings. The second-order valence-electron chi connectivity index (χ2n) is 10.6. The second-order valence-corrected chi connectivity index (χ2v) is 10.6. The fraction of sp³-hybridized carbons (Fsp3) is 0.343. The zero-order chi connectivity index (χ0) is 29.5. The Morgan fingerprint density at radius 3 is 2.12 bits per heavy atom. The summed E-state index contributed by atoms with van der Waals surface area (Å²) in [5, 5.41) is 10.4. The highest BCUT2D eigenvalue weighted by Gasteiger charge is 2.38. The quantitative estimate of drug-likeness (QED) is 0.114. The van der Waals surface area contributed by atoms with Gasteiger partial charge in [0.1, 0.15) is 5.75 Å². The number of ether oxygens (including phenoxy) is 1. The van der Waals surface area contributed by atoms with Crippen LogP contribution in [0.2, 0.25) is 0 Å². The number of nitrogens with zero attached hydrogens (tertiary/aromatic N) is 2. The van der Waals surface area contributed by atoms with Crippen LogP contribution in [0.4, 0.5) is 0 Å². The molecule has 6 heteroatoms. The Kier molecular flexibility index (Phi) is 9.90. The lowest BCUT2D eigenvalue weighted by Crippen LogP contribution is -2.34. The van der Waals surface area contributed by atoms with Crippen LogP contribution in [-0.4, -0.2) is 65.9 Å². The summed E-state index contributed by atoms with van der Waals surface area (Å²) in [4.78, 5) is 28.8. The van der Waals surface area contributed by atoms with Crippen LogP contribution in [0.1, 0.15) is 65.5 Å². The van der Waals surface area contributed by atoms with Crippen molar-refractivity contribution in [2.45, 2.75) is 52.5 Å². The fourth-order valence-corrected chi connectivity index (χ4v) is 5.69. The number of hydroxylamine groups is 1. The van der Waals surface area contributed by atoms with Gasteiger partial charge in [-0.2, -0.15) is 0 Å². The molecule has 3 aromatic carbocycles. The van der Waals surface area contributed by atoms with Gasteiger partial charge in [-0.05, 0) is 73.3 Å². The van der Waals surface area contributed by atoms with Crippen LogP contribution in [0.5, 0.6) is 5.75 Å². The van der Waals surface area contributed by atoms with Crippen molar-refractivity contribution in [2.24, 2.45) is 0 Å². The number of hydrogen-bond donors (Lipinski definition) is 1. The van der Waals surface area contributed by atoms with Crippen molar-refractivity contribution in [2.75, 3.05) is 26.7 Å². The molecule has 0 amide bonds. The molecule has 0 aromatic heterocycles. The molecule has 1 aliphatic carbocycles. The number of carbonyl (C=O) groups is 2. The third-order valence-electron chi connectivity index (χ3n) is 8.17. The molecule has 0 bridgehead atoms. The Bertz CT molecular complexity index is 1450. The molecule has 1 atom stereocenters. The summed E-state index contributed by atoms with van der Waals surface area (Å²) in [6.45, 7) is 13.0. The summed E-state index contributed by atoms with van der Waals surface area (Å²) in [6, 6.07) is 20.8. The number of ketones is 2. The topological polar surface area (TPSA) is 69.9 Å². The maximum absolute atomic E-state index is 13.3. The Balaban J connectivity index is 1.46. The third kappa shape index (κ3) is 6.66. The Morgan fingerprint density at radius 2 is 1.51 bits per heavy atom. The molecule has 41 heavy (non-hydrogen) atoms. The SMILES string of the molecule is C=[N+](O)C(CCc1ccc(-c2ccc(CCCN(CC)CC)cc2OC)cc1)C1=C(C)C(=O)c2ccccc2C1=O. The number of fused-ring (bicyclic) bond motifs is 1. The molecule has 0 aliphatic heterocycles. The van der Waals surface area contributed by atoms with E-state index in [1.54, 1.807) is 38.3 Å². The van der Waals surface area contributed by atoms with Gasteiger partial charge in [-0.1, -0.05) is 74.5 Å². The van der Waals surface area contributed by atoms with Crippen molar-refractivity contribution < 1.29 is 24.3 Å². The monoisotopic (exact) mass is 553 g/mol. The fourth-order valence-electron chi connectivity index (χ4n) is 5.69. The highest BCUT2D eigenvalue weighted by Crippen LogP contribution is 2.33. The van der Waals surface area contributed by atoms with Gasteiger partial charge in [0.25, 0.3) is 0 Å². The van der Waals surface area contributed by atoms with E-state index in [4.69, 9.17) is 4.74 Å². The molecule has 4 rings (SSSR count). The molecule has 0 fully saturated rings. The summed E-state index contributed by atoms with van der Waals surface area (Å²) < 4.78 is 6.56. The van der Waals surface area contributed by atoms with Crippen LogP contribution in [-0.2, 0) is 12.8 Å². The van der Waals surface area contributed by atoms with E-state index in [0.29, 0.717) is 35.1 Å². The van der Waals surface area contributed by atoms with Crippen LogP contribution in [0.3, 0.4) is 0 Å². The van der Waals surface area contributed by atoms with Crippen molar-refractivity contribution in [3.63, 3.8) is 0 Å². The maximum atomic E-state index is 13.3. The van der Waals surface area contributed by atoms with Crippen molar-refractivity contribution in [3.8, 4) is 16.9 Å². The van der Waals surface area contributed by atoms with Crippen LogP contribution in [0.25, 0.3) is 11.1 Å². The lowest BCUT2D eigenvalue weighted by Gasteiger charge is -2.21. The van der Waals surface area contributed by atoms with E-state index in [0.717, 1.165) is 59.7 Å². The summed E-state index contributed by atoms with van der Waals surface area (Å²) in [5.74, 6) is 0.439. The van der Waals surface area contributed by atoms with E-state index in [-0.39, 0.29) is 11.6 Å². The first-order valence-electron chi connectivity index (χ1n) is 14.4. The van der Waals surface area contributed by atoms with Crippen molar-refractivity contribution in [1.82, 2.24) is 4.90 Å². The molecular formula is C35H41N2O4+.